The molecule has 0 unspecified atom stereocenters. The van der Waals surface area contributed by atoms with E-state index in [1.165, 1.54) is 6.92 Å². The van der Waals surface area contributed by atoms with Crippen molar-refractivity contribution in [3.8, 4) is 0 Å². The summed E-state index contributed by atoms with van der Waals surface area (Å²) in [5.41, 5.74) is 6.42. The summed E-state index contributed by atoms with van der Waals surface area (Å²) in [6.45, 7) is 1.56. The Balaban J connectivity index is 2.28. The predicted molar refractivity (Wildman–Crippen MR) is 62.6 cm³/mol. The monoisotopic (exact) mass is 236 g/mol. The van der Waals surface area contributed by atoms with Crippen LogP contribution >= 0.6 is 0 Å². The Hall–Kier alpha value is -1.88. The molecule has 1 aromatic rings. The summed E-state index contributed by atoms with van der Waals surface area (Å²) < 4.78 is 5.01. The molecule has 92 valence electrons. The highest BCUT2D eigenvalue weighted by Crippen LogP contribution is 2.01. The fourth-order valence-electron chi connectivity index (χ4n) is 1.29. The van der Waals surface area contributed by atoms with Crippen molar-refractivity contribution in [3.05, 3.63) is 35.9 Å². The van der Waals surface area contributed by atoms with Gasteiger partial charge in [0, 0.05) is 6.92 Å². The zero-order chi connectivity index (χ0) is 12.7. The van der Waals surface area contributed by atoms with Crippen molar-refractivity contribution in [2.24, 2.45) is 5.73 Å². The topological polar surface area (TPSA) is 81.4 Å². The Morgan fingerprint density at radius 1 is 1.35 bits per heavy atom. The summed E-state index contributed by atoms with van der Waals surface area (Å²) in [5, 5.41) is 2.41. The molecule has 0 bridgehead atoms. The molecule has 0 aliphatic heterocycles. The van der Waals surface area contributed by atoms with Crippen LogP contribution in [0.2, 0.25) is 0 Å². The molecule has 1 amide bonds. The van der Waals surface area contributed by atoms with E-state index in [1.54, 1.807) is 0 Å². The van der Waals surface area contributed by atoms with Crippen LogP contribution in [0.1, 0.15) is 18.9 Å². The van der Waals surface area contributed by atoms with Crippen molar-refractivity contribution in [3.63, 3.8) is 0 Å². The summed E-state index contributed by atoms with van der Waals surface area (Å²) in [6.07, 6.45) is -0.734. The van der Waals surface area contributed by atoms with Gasteiger partial charge in [-0.3, -0.25) is 9.59 Å². The molecule has 3 N–H and O–H groups in total. The molecule has 0 aromatic heterocycles. The first kappa shape index (κ1) is 13.2. The summed E-state index contributed by atoms with van der Waals surface area (Å²) in [4.78, 5) is 22.0. The Labute approximate surface area is 99.9 Å². The fraction of sp³-hybridized carbons (Fsp3) is 0.333. The lowest BCUT2D eigenvalue weighted by Crippen LogP contribution is -2.42. The van der Waals surface area contributed by atoms with Crippen LogP contribution in [0.25, 0.3) is 0 Å². The number of benzene rings is 1. The van der Waals surface area contributed by atoms with Crippen LogP contribution in [-0.4, -0.2) is 18.0 Å². The highest BCUT2D eigenvalue weighted by molar-refractivity contribution is 5.75. The van der Waals surface area contributed by atoms with Gasteiger partial charge in [-0.1, -0.05) is 30.3 Å². The molecule has 0 radical (unpaired) electrons. The van der Waals surface area contributed by atoms with Crippen molar-refractivity contribution < 1.29 is 14.3 Å². The van der Waals surface area contributed by atoms with Gasteiger partial charge in [-0.05, 0) is 5.56 Å². The van der Waals surface area contributed by atoms with Crippen LogP contribution in [-0.2, 0) is 20.9 Å². The van der Waals surface area contributed by atoms with Gasteiger partial charge in [0.1, 0.15) is 6.61 Å². The average molecular weight is 236 g/mol. The molecule has 0 heterocycles. The zero-order valence-electron chi connectivity index (χ0n) is 9.68. The standard InChI is InChI=1S/C12H16N2O3/c1-9(15)14-11(13)7-12(16)17-8-10-5-3-2-4-6-10/h2-6,11H,7-8,13H2,1H3,(H,14,15)/t11-/m0/s1. The van der Waals surface area contributed by atoms with Crippen LogP contribution in [0, 0.1) is 0 Å². The first-order valence-corrected chi connectivity index (χ1v) is 5.30. The van der Waals surface area contributed by atoms with E-state index in [1.807, 2.05) is 30.3 Å². The van der Waals surface area contributed by atoms with E-state index in [0.29, 0.717) is 0 Å². The van der Waals surface area contributed by atoms with Gasteiger partial charge in [0.2, 0.25) is 5.91 Å². The quantitative estimate of drug-likeness (QED) is 0.577. The number of nitrogens with one attached hydrogen (secondary N) is 1. The molecule has 0 aliphatic rings. The molecule has 1 atom stereocenters. The highest BCUT2D eigenvalue weighted by Gasteiger charge is 2.11. The summed E-state index contributed by atoms with van der Waals surface area (Å²) in [6, 6.07) is 9.35. The van der Waals surface area contributed by atoms with Gasteiger partial charge in [0.25, 0.3) is 0 Å². The number of ether oxygens (including phenoxy) is 1. The number of hydrogen-bond donors (Lipinski definition) is 2. The second-order valence-electron chi connectivity index (χ2n) is 3.66. The van der Waals surface area contributed by atoms with Gasteiger partial charge >= 0.3 is 5.97 Å². The minimum atomic E-state index is -0.698. The number of carbonyl (C=O) groups excluding carboxylic acids is 2. The van der Waals surface area contributed by atoms with Crippen LogP contribution in [0.5, 0.6) is 0 Å². The predicted octanol–water partition coefficient (Wildman–Crippen LogP) is 0.541. The highest BCUT2D eigenvalue weighted by atomic mass is 16.5. The Bertz CT molecular complexity index is 379. The van der Waals surface area contributed by atoms with E-state index in [2.05, 4.69) is 5.32 Å². The molecule has 5 heteroatoms. The second kappa shape index (κ2) is 6.65. The molecule has 1 rings (SSSR count). The van der Waals surface area contributed by atoms with E-state index in [-0.39, 0.29) is 18.9 Å². The van der Waals surface area contributed by atoms with E-state index in [0.717, 1.165) is 5.56 Å². The lowest BCUT2D eigenvalue weighted by atomic mass is 10.2. The van der Waals surface area contributed by atoms with E-state index in [9.17, 15) is 9.59 Å². The van der Waals surface area contributed by atoms with Crippen LogP contribution < -0.4 is 11.1 Å². The maximum Gasteiger partial charge on any atom is 0.309 e. The molecular formula is C12H16N2O3. The maximum absolute atomic E-state index is 11.4. The third kappa shape index (κ3) is 5.67. The molecule has 0 saturated carbocycles. The Kier molecular flexibility index (Phi) is 5.16. The van der Waals surface area contributed by atoms with Gasteiger partial charge in [-0.25, -0.2) is 0 Å². The molecule has 0 saturated heterocycles. The molecule has 0 aliphatic carbocycles. The smallest absolute Gasteiger partial charge is 0.309 e. The van der Waals surface area contributed by atoms with Gasteiger partial charge in [0.05, 0.1) is 12.6 Å². The van der Waals surface area contributed by atoms with Crippen molar-refractivity contribution in [1.29, 1.82) is 0 Å². The molecule has 0 fully saturated rings. The van der Waals surface area contributed by atoms with Crippen molar-refractivity contribution in [1.82, 2.24) is 5.32 Å². The van der Waals surface area contributed by atoms with Crippen LogP contribution in [0.15, 0.2) is 30.3 Å². The minimum Gasteiger partial charge on any atom is -0.461 e. The van der Waals surface area contributed by atoms with Crippen LogP contribution in [0.4, 0.5) is 0 Å². The van der Waals surface area contributed by atoms with Crippen LogP contribution in [0.3, 0.4) is 0 Å². The number of hydrogen-bond acceptors (Lipinski definition) is 4. The number of carbonyl (C=O) groups is 2. The average Bonchev–Trinajstić information content (AvgIpc) is 2.26. The lowest BCUT2D eigenvalue weighted by molar-refractivity contribution is -0.145. The molecule has 0 spiro atoms. The SMILES string of the molecule is CC(=O)N[C@H](N)CC(=O)OCc1ccccc1. The molecule has 1 aromatic carbocycles. The molecular weight excluding hydrogens is 220 g/mol. The maximum atomic E-state index is 11.4. The van der Waals surface area contributed by atoms with Gasteiger partial charge in [-0.2, -0.15) is 0 Å². The second-order valence-corrected chi connectivity index (χ2v) is 3.66. The Morgan fingerprint density at radius 2 is 2.00 bits per heavy atom. The third-order valence-corrected chi connectivity index (χ3v) is 2.02. The number of esters is 1. The number of nitrogens with two attached hydrogens (primary N) is 1. The summed E-state index contributed by atoms with van der Waals surface area (Å²) in [5.74, 6) is -0.705. The lowest BCUT2D eigenvalue weighted by Gasteiger charge is -2.11. The van der Waals surface area contributed by atoms with Gasteiger partial charge in [-0.15, -0.1) is 0 Å². The number of amides is 1. The van der Waals surface area contributed by atoms with E-state index >= 15 is 0 Å². The normalized spacial score (nSPS) is 11.6. The van der Waals surface area contributed by atoms with Crippen molar-refractivity contribution in [2.75, 3.05) is 0 Å². The molecule has 17 heavy (non-hydrogen) atoms. The van der Waals surface area contributed by atoms with Gasteiger partial charge in [0.15, 0.2) is 0 Å². The third-order valence-electron chi connectivity index (χ3n) is 2.02. The first-order chi connectivity index (χ1) is 8.08. The van der Waals surface area contributed by atoms with Gasteiger partial charge < -0.3 is 15.8 Å². The fourth-order valence-corrected chi connectivity index (χ4v) is 1.29. The van der Waals surface area contributed by atoms with E-state index < -0.39 is 12.1 Å². The minimum absolute atomic E-state index is 0.0353. The van der Waals surface area contributed by atoms with E-state index in [4.69, 9.17) is 10.5 Å². The molecule has 5 nitrogen and oxygen atoms in total. The van der Waals surface area contributed by atoms with Crippen molar-refractivity contribution in [2.45, 2.75) is 26.1 Å². The number of rotatable bonds is 5. The summed E-state index contributed by atoms with van der Waals surface area (Å²) >= 11 is 0. The van der Waals surface area contributed by atoms with Crippen molar-refractivity contribution >= 4 is 11.9 Å². The largest absolute Gasteiger partial charge is 0.461 e. The summed E-state index contributed by atoms with van der Waals surface area (Å²) in [7, 11) is 0. The zero-order valence-corrected chi connectivity index (χ0v) is 9.68. The Morgan fingerprint density at radius 3 is 2.59 bits per heavy atom. The first-order valence-electron chi connectivity index (χ1n) is 5.30.